The van der Waals surface area contributed by atoms with Crippen LogP contribution in [0, 0.1) is 11.6 Å². The molecule has 156 valence electrons. The van der Waals surface area contributed by atoms with Gasteiger partial charge in [-0.1, -0.05) is 91.9 Å². The maximum atomic E-state index is 13.4. The predicted octanol–water partition coefficient (Wildman–Crippen LogP) is 7.76. The summed E-state index contributed by atoms with van der Waals surface area (Å²) in [6.07, 6.45) is 2.50. The molecule has 0 amide bonds. The lowest BCUT2D eigenvalue weighted by Crippen LogP contribution is -1.98. The second-order valence-corrected chi connectivity index (χ2v) is 8.16. The van der Waals surface area contributed by atoms with Gasteiger partial charge in [0.2, 0.25) is 0 Å². The van der Waals surface area contributed by atoms with Gasteiger partial charge in [-0.2, -0.15) is 0 Å². The van der Waals surface area contributed by atoms with Crippen molar-refractivity contribution in [1.29, 1.82) is 0 Å². The normalized spacial score (nSPS) is 12.0. The zero-order chi connectivity index (χ0) is 21.6. The van der Waals surface area contributed by atoms with E-state index in [1.165, 1.54) is 39.9 Å². The number of halogens is 2. The van der Waals surface area contributed by atoms with Gasteiger partial charge >= 0.3 is 0 Å². The SMILES string of the molecule is C[C@H](Cc1ccc(-c2ccc(CCc3ccc(F)c(F)c3)cc2)cc1)c1ccccc1. The summed E-state index contributed by atoms with van der Waals surface area (Å²) in [5.41, 5.74) is 7.07. The van der Waals surface area contributed by atoms with E-state index in [0.717, 1.165) is 18.4 Å². The highest BCUT2D eigenvalue weighted by Crippen LogP contribution is 2.24. The molecule has 4 aromatic carbocycles. The molecule has 0 radical (unpaired) electrons. The zero-order valence-corrected chi connectivity index (χ0v) is 17.7. The van der Waals surface area contributed by atoms with Crippen LogP contribution in [0.25, 0.3) is 11.1 Å². The van der Waals surface area contributed by atoms with Gasteiger partial charge in [-0.25, -0.2) is 8.78 Å². The third-order valence-electron chi connectivity index (χ3n) is 5.84. The van der Waals surface area contributed by atoms with E-state index < -0.39 is 11.6 Å². The molecular formula is C29H26F2. The van der Waals surface area contributed by atoms with Crippen molar-refractivity contribution in [3.05, 3.63) is 131 Å². The van der Waals surface area contributed by atoms with Crippen LogP contribution < -0.4 is 0 Å². The van der Waals surface area contributed by atoms with Crippen LogP contribution in [0.1, 0.15) is 35.1 Å². The third-order valence-corrected chi connectivity index (χ3v) is 5.84. The van der Waals surface area contributed by atoms with Gasteiger partial charge in [0.1, 0.15) is 0 Å². The summed E-state index contributed by atoms with van der Waals surface area (Å²) in [6, 6.07) is 32.0. The van der Waals surface area contributed by atoms with Gasteiger partial charge in [0.15, 0.2) is 11.6 Å². The maximum Gasteiger partial charge on any atom is 0.159 e. The quantitative estimate of drug-likeness (QED) is 0.291. The van der Waals surface area contributed by atoms with Gasteiger partial charge in [0.05, 0.1) is 0 Å². The molecule has 4 aromatic rings. The molecule has 0 fully saturated rings. The van der Waals surface area contributed by atoms with Crippen LogP contribution >= 0.6 is 0 Å². The van der Waals surface area contributed by atoms with E-state index in [1.54, 1.807) is 6.07 Å². The van der Waals surface area contributed by atoms with Crippen molar-refractivity contribution < 1.29 is 8.78 Å². The highest BCUT2D eigenvalue weighted by atomic mass is 19.2. The summed E-state index contributed by atoms with van der Waals surface area (Å²) in [5.74, 6) is -1.09. The Hall–Kier alpha value is -3.26. The first kappa shape index (κ1) is 21.0. The summed E-state index contributed by atoms with van der Waals surface area (Å²) in [5, 5.41) is 0. The Labute approximate surface area is 183 Å². The molecule has 2 heteroatoms. The highest BCUT2D eigenvalue weighted by Gasteiger charge is 2.07. The minimum Gasteiger partial charge on any atom is -0.204 e. The first-order chi connectivity index (χ1) is 15.1. The molecule has 31 heavy (non-hydrogen) atoms. The summed E-state index contributed by atoms with van der Waals surface area (Å²) >= 11 is 0. The molecule has 0 aromatic heterocycles. The molecule has 0 unspecified atom stereocenters. The Bertz CT molecular complexity index is 1110. The number of aryl methyl sites for hydroxylation is 2. The van der Waals surface area contributed by atoms with E-state index in [1.807, 2.05) is 0 Å². The van der Waals surface area contributed by atoms with Gasteiger partial charge in [-0.3, -0.25) is 0 Å². The Morgan fingerprint density at radius 3 is 1.74 bits per heavy atom. The summed E-state index contributed by atoms with van der Waals surface area (Å²) in [7, 11) is 0. The van der Waals surface area contributed by atoms with Crippen molar-refractivity contribution >= 4 is 0 Å². The average Bonchev–Trinajstić information content (AvgIpc) is 2.81. The van der Waals surface area contributed by atoms with Crippen molar-refractivity contribution in [2.45, 2.75) is 32.1 Å². The molecule has 1 atom stereocenters. The van der Waals surface area contributed by atoms with Crippen LogP contribution in [0.5, 0.6) is 0 Å². The van der Waals surface area contributed by atoms with Crippen LogP contribution in [-0.2, 0) is 19.3 Å². The molecule has 0 saturated heterocycles. The fourth-order valence-corrected chi connectivity index (χ4v) is 3.93. The van der Waals surface area contributed by atoms with E-state index in [-0.39, 0.29) is 0 Å². The molecule has 0 aliphatic carbocycles. The lowest BCUT2D eigenvalue weighted by atomic mass is 9.93. The lowest BCUT2D eigenvalue weighted by molar-refractivity contribution is 0.507. The second kappa shape index (κ2) is 9.70. The molecule has 0 heterocycles. The average molecular weight is 413 g/mol. The number of hydrogen-bond acceptors (Lipinski definition) is 0. The van der Waals surface area contributed by atoms with Gasteiger partial charge < -0.3 is 0 Å². The fourth-order valence-electron chi connectivity index (χ4n) is 3.93. The first-order valence-electron chi connectivity index (χ1n) is 10.8. The number of rotatable bonds is 7. The highest BCUT2D eigenvalue weighted by molar-refractivity contribution is 5.64. The number of benzene rings is 4. The zero-order valence-electron chi connectivity index (χ0n) is 17.7. The standard InChI is InChI=1S/C29H26F2/c1-21(25-5-3-2-4-6-25)19-23-11-16-27(17-12-23)26-14-9-22(10-15-26)7-8-24-13-18-28(30)29(31)20-24/h2-6,9-18,20-21H,7-8,19H2,1H3/t21-/m1/s1. The minimum absolute atomic E-state index is 0.487. The summed E-state index contributed by atoms with van der Waals surface area (Å²) < 4.78 is 26.4. The Morgan fingerprint density at radius 1 is 0.581 bits per heavy atom. The van der Waals surface area contributed by atoms with E-state index >= 15 is 0 Å². The Kier molecular flexibility index (Phi) is 6.57. The van der Waals surface area contributed by atoms with Crippen molar-refractivity contribution in [3.8, 4) is 11.1 Å². The van der Waals surface area contributed by atoms with Crippen LogP contribution in [-0.4, -0.2) is 0 Å². The monoisotopic (exact) mass is 412 g/mol. The molecule has 4 rings (SSSR count). The second-order valence-electron chi connectivity index (χ2n) is 8.16. The first-order valence-corrected chi connectivity index (χ1v) is 10.8. The summed E-state index contributed by atoms with van der Waals surface area (Å²) in [6.45, 7) is 2.27. The minimum atomic E-state index is -0.798. The number of hydrogen-bond donors (Lipinski definition) is 0. The van der Waals surface area contributed by atoms with Crippen LogP contribution in [0.3, 0.4) is 0 Å². The largest absolute Gasteiger partial charge is 0.204 e. The van der Waals surface area contributed by atoms with Crippen molar-refractivity contribution in [2.75, 3.05) is 0 Å². The summed E-state index contributed by atoms with van der Waals surface area (Å²) in [4.78, 5) is 0. The molecule has 0 bridgehead atoms. The van der Waals surface area contributed by atoms with Crippen molar-refractivity contribution in [2.24, 2.45) is 0 Å². The van der Waals surface area contributed by atoms with Crippen molar-refractivity contribution in [3.63, 3.8) is 0 Å². The van der Waals surface area contributed by atoms with Crippen LogP contribution in [0.15, 0.2) is 97.1 Å². The van der Waals surface area contributed by atoms with Crippen LogP contribution in [0.2, 0.25) is 0 Å². The Morgan fingerprint density at radius 2 is 1.13 bits per heavy atom. The van der Waals surface area contributed by atoms with Crippen LogP contribution in [0.4, 0.5) is 8.78 Å². The predicted molar refractivity (Wildman–Crippen MR) is 124 cm³/mol. The Balaban J connectivity index is 1.36. The van der Waals surface area contributed by atoms with Gasteiger partial charge in [0, 0.05) is 0 Å². The van der Waals surface area contributed by atoms with Crippen molar-refractivity contribution in [1.82, 2.24) is 0 Å². The molecule has 0 aliphatic rings. The van der Waals surface area contributed by atoms with E-state index in [0.29, 0.717) is 12.3 Å². The van der Waals surface area contributed by atoms with Gasteiger partial charge in [0.25, 0.3) is 0 Å². The molecular weight excluding hydrogens is 386 g/mol. The lowest BCUT2D eigenvalue weighted by Gasteiger charge is -2.12. The molecule has 0 spiro atoms. The molecule has 0 saturated carbocycles. The molecule has 0 nitrogen and oxygen atoms in total. The van der Waals surface area contributed by atoms with Gasteiger partial charge in [-0.05, 0) is 70.7 Å². The van der Waals surface area contributed by atoms with E-state index in [9.17, 15) is 8.78 Å². The fraction of sp³-hybridized carbons (Fsp3) is 0.172. The third kappa shape index (κ3) is 5.46. The topological polar surface area (TPSA) is 0 Å². The maximum absolute atomic E-state index is 13.4. The molecule has 0 N–H and O–H groups in total. The van der Waals surface area contributed by atoms with E-state index in [2.05, 4.69) is 85.8 Å². The van der Waals surface area contributed by atoms with E-state index in [4.69, 9.17) is 0 Å². The molecule has 0 aliphatic heterocycles. The smallest absolute Gasteiger partial charge is 0.159 e. The van der Waals surface area contributed by atoms with Gasteiger partial charge in [-0.15, -0.1) is 0 Å².